The molecule has 0 aliphatic carbocycles. The van der Waals surface area contributed by atoms with Gasteiger partial charge in [0.25, 0.3) is 0 Å². The van der Waals surface area contributed by atoms with Gasteiger partial charge in [-0.25, -0.2) is 13.2 Å². The lowest BCUT2D eigenvalue weighted by Crippen LogP contribution is -2.15. The normalized spacial score (nSPS) is 20.9. The van der Waals surface area contributed by atoms with Crippen LogP contribution in [-0.2, 0) is 0 Å². The van der Waals surface area contributed by atoms with Gasteiger partial charge in [0.05, 0.1) is 4.47 Å². The lowest BCUT2D eigenvalue weighted by atomic mass is 10.0. The molecule has 15 heavy (non-hydrogen) atoms. The molecular weight excluding hydrogens is 271 g/mol. The summed E-state index contributed by atoms with van der Waals surface area (Å²) in [6.45, 7) is 0.778. The van der Waals surface area contributed by atoms with E-state index < -0.39 is 21.9 Å². The van der Waals surface area contributed by atoms with E-state index in [0.29, 0.717) is 0 Å². The molecule has 1 unspecified atom stereocenters. The second kappa shape index (κ2) is 4.14. The zero-order chi connectivity index (χ0) is 11.0. The van der Waals surface area contributed by atoms with Gasteiger partial charge in [0.2, 0.25) is 0 Å². The molecule has 1 aliphatic rings. The predicted octanol–water partition coefficient (Wildman–Crippen LogP) is 3.29. The monoisotopic (exact) mass is 279 g/mol. The molecule has 1 fully saturated rings. The van der Waals surface area contributed by atoms with Crippen molar-refractivity contribution in [3.05, 3.63) is 33.6 Å². The molecule has 5 heteroatoms. The van der Waals surface area contributed by atoms with Crippen molar-refractivity contribution >= 4 is 15.9 Å². The van der Waals surface area contributed by atoms with Gasteiger partial charge in [-0.05, 0) is 41.4 Å². The Morgan fingerprint density at radius 3 is 2.60 bits per heavy atom. The maximum absolute atomic E-state index is 13.6. The van der Waals surface area contributed by atoms with Crippen LogP contribution in [0.1, 0.15) is 24.4 Å². The van der Waals surface area contributed by atoms with Gasteiger partial charge in [0, 0.05) is 11.6 Å². The molecule has 1 atom stereocenters. The summed E-state index contributed by atoms with van der Waals surface area (Å²) in [5, 5.41) is 3.04. The minimum absolute atomic E-state index is 0.193. The molecule has 1 nitrogen and oxygen atoms in total. The number of rotatable bonds is 1. The number of hydrogen-bond donors (Lipinski definition) is 1. The van der Waals surface area contributed by atoms with Gasteiger partial charge in [-0.1, -0.05) is 0 Å². The summed E-state index contributed by atoms with van der Waals surface area (Å²) in [5.41, 5.74) is 0.193. The molecule has 1 saturated heterocycles. The van der Waals surface area contributed by atoms with E-state index in [-0.39, 0.29) is 11.6 Å². The first-order valence-corrected chi connectivity index (χ1v) is 5.47. The van der Waals surface area contributed by atoms with Gasteiger partial charge >= 0.3 is 0 Å². The molecule has 82 valence electrons. The van der Waals surface area contributed by atoms with Crippen LogP contribution >= 0.6 is 15.9 Å². The van der Waals surface area contributed by atoms with Gasteiger partial charge in [0.15, 0.2) is 11.6 Å². The Balaban J connectivity index is 2.47. The first-order chi connectivity index (χ1) is 7.11. The van der Waals surface area contributed by atoms with Gasteiger partial charge in [-0.15, -0.1) is 0 Å². The molecule has 0 saturated carbocycles. The zero-order valence-electron chi connectivity index (χ0n) is 7.79. The molecule has 0 radical (unpaired) electrons. The van der Waals surface area contributed by atoms with Crippen molar-refractivity contribution < 1.29 is 13.2 Å². The average molecular weight is 280 g/mol. The molecule has 1 aliphatic heterocycles. The summed E-state index contributed by atoms with van der Waals surface area (Å²) in [4.78, 5) is 0. The van der Waals surface area contributed by atoms with Crippen LogP contribution in [0.2, 0.25) is 0 Å². The molecule has 2 rings (SSSR count). The lowest BCUT2D eigenvalue weighted by Gasteiger charge is -2.13. The number of hydrogen-bond acceptors (Lipinski definition) is 1. The Morgan fingerprint density at radius 1 is 1.27 bits per heavy atom. The SMILES string of the molecule is Fc1cc(C2CCCN2)c(F)c(Br)c1F. The van der Waals surface area contributed by atoms with Gasteiger partial charge in [0.1, 0.15) is 5.82 Å². The first-order valence-electron chi connectivity index (χ1n) is 4.67. The van der Waals surface area contributed by atoms with Crippen LogP contribution in [0.25, 0.3) is 0 Å². The molecule has 1 heterocycles. The van der Waals surface area contributed by atoms with E-state index in [9.17, 15) is 13.2 Å². The minimum Gasteiger partial charge on any atom is -0.310 e. The predicted molar refractivity (Wildman–Crippen MR) is 54.0 cm³/mol. The average Bonchev–Trinajstić information content (AvgIpc) is 2.73. The van der Waals surface area contributed by atoms with Crippen LogP contribution in [0.3, 0.4) is 0 Å². The summed E-state index contributed by atoms with van der Waals surface area (Å²) in [6, 6.07) is 0.717. The molecule has 0 bridgehead atoms. The van der Waals surface area contributed by atoms with Crippen LogP contribution < -0.4 is 5.32 Å². The Morgan fingerprint density at radius 2 is 2.00 bits per heavy atom. The fourth-order valence-electron chi connectivity index (χ4n) is 1.79. The van der Waals surface area contributed by atoms with Gasteiger partial charge < -0.3 is 5.32 Å². The minimum atomic E-state index is -1.17. The molecule has 0 spiro atoms. The summed E-state index contributed by atoms with van der Waals surface area (Å²) in [5.74, 6) is -2.91. The van der Waals surface area contributed by atoms with Crippen LogP contribution in [0.15, 0.2) is 10.5 Å². The molecule has 1 N–H and O–H groups in total. The number of halogens is 4. The molecule has 0 aromatic heterocycles. The maximum atomic E-state index is 13.6. The zero-order valence-corrected chi connectivity index (χ0v) is 9.37. The molecule has 0 amide bonds. The summed E-state index contributed by atoms with van der Waals surface area (Å²) in [6.07, 6.45) is 1.66. The third-order valence-electron chi connectivity index (χ3n) is 2.57. The highest BCUT2D eigenvalue weighted by Gasteiger charge is 2.24. The van der Waals surface area contributed by atoms with E-state index in [2.05, 4.69) is 21.2 Å². The Labute approximate surface area is 93.8 Å². The van der Waals surface area contributed by atoms with Gasteiger partial charge in [-0.3, -0.25) is 0 Å². The van der Waals surface area contributed by atoms with Crippen LogP contribution in [0.4, 0.5) is 13.2 Å². The van der Waals surface area contributed by atoms with Crippen LogP contribution in [-0.4, -0.2) is 6.54 Å². The van der Waals surface area contributed by atoms with Crippen molar-refractivity contribution in [1.82, 2.24) is 5.32 Å². The Bertz CT molecular complexity index is 389. The van der Waals surface area contributed by atoms with E-state index in [0.717, 1.165) is 25.5 Å². The largest absolute Gasteiger partial charge is 0.310 e. The van der Waals surface area contributed by atoms with E-state index >= 15 is 0 Å². The number of nitrogens with one attached hydrogen (secondary N) is 1. The smallest absolute Gasteiger partial charge is 0.175 e. The van der Waals surface area contributed by atoms with Crippen LogP contribution in [0.5, 0.6) is 0 Å². The second-order valence-electron chi connectivity index (χ2n) is 3.54. The van der Waals surface area contributed by atoms with Crippen LogP contribution in [0, 0.1) is 17.5 Å². The standard InChI is InChI=1S/C10H9BrF3N/c11-8-9(13)5(4-6(12)10(8)14)7-2-1-3-15-7/h4,7,15H,1-3H2. The fourth-order valence-corrected chi connectivity index (χ4v) is 2.21. The van der Waals surface area contributed by atoms with Crippen molar-refractivity contribution in [1.29, 1.82) is 0 Å². The van der Waals surface area contributed by atoms with E-state index in [1.54, 1.807) is 0 Å². The Hall–Kier alpha value is -0.550. The van der Waals surface area contributed by atoms with Crippen molar-refractivity contribution in [2.45, 2.75) is 18.9 Å². The fraction of sp³-hybridized carbons (Fsp3) is 0.400. The maximum Gasteiger partial charge on any atom is 0.175 e. The highest BCUT2D eigenvalue weighted by Crippen LogP contribution is 2.32. The quantitative estimate of drug-likeness (QED) is 0.615. The van der Waals surface area contributed by atoms with Crippen molar-refractivity contribution in [3.8, 4) is 0 Å². The Kier molecular flexibility index (Phi) is 3.02. The van der Waals surface area contributed by atoms with Crippen molar-refractivity contribution in [2.75, 3.05) is 6.54 Å². The summed E-state index contributed by atoms with van der Waals surface area (Å²) < 4.78 is 39.2. The third kappa shape index (κ3) is 1.90. The molecular formula is C10H9BrF3N. The van der Waals surface area contributed by atoms with E-state index in [1.165, 1.54) is 0 Å². The summed E-state index contributed by atoms with van der Waals surface area (Å²) in [7, 11) is 0. The highest BCUT2D eigenvalue weighted by molar-refractivity contribution is 9.10. The van der Waals surface area contributed by atoms with Gasteiger partial charge in [-0.2, -0.15) is 0 Å². The topological polar surface area (TPSA) is 12.0 Å². The second-order valence-corrected chi connectivity index (χ2v) is 4.33. The first kappa shape index (κ1) is 11.0. The van der Waals surface area contributed by atoms with E-state index in [1.807, 2.05) is 0 Å². The van der Waals surface area contributed by atoms with Crippen molar-refractivity contribution in [3.63, 3.8) is 0 Å². The van der Waals surface area contributed by atoms with Crippen molar-refractivity contribution in [2.24, 2.45) is 0 Å². The molecule has 1 aromatic carbocycles. The highest BCUT2D eigenvalue weighted by atomic mass is 79.9. The van der Waals surface area contributed by atoms with E-state index in [4.69, 9.17) is 0 Å². The lowest BCUT2D eigenvalue weighted by molar-refractivity contribution is 0.472. The third-order valence-corrected chi connectivity index (χ3v) is 3.26. The number of benzene rings is 1. The summed E-state index contributed by atoms with van der Waals surface area (Å²) >= 11 is 2.71. The molecule has 1 aromatic rings.